The van der Waals surface area contributed by atoms with Gasteiger partial charge in [-0.25, -0.2) is 8.78 Å². The van der Waals surface area contributed by atoms with Gasteiger partial charge in [-0.05, 0) is 6.92 Å². The van der Waals surface area contributed by atoms with Crippen LogP contribution in [0, 0.1) is 6.92 Å². The molecule has 0 amide bonds. The van der Waals surface area contributed by atoms with Crippen molar-refractivity contribution in [1.29, 1.82) is 0 Å². The molecule has 0 radical (unpaired) electrons. The molecular formula is C8H6F5NO. The summed E-state index contributed by atoms with van der Waals surface area (Å²) in [5.41, 5.74) is -4.89. The zero-order chi connectivity index (χ0) is 11.8. The molecule has 84 valence electrons. The SMILES string of the molecule is Cc1c[nH]c(C(F)F)c(C(F)(F)F)c1=O. The smallest absolute Gasteiger partial charge is 0.359 e. The second-order valence-electron chi connectivity index (χ2n) is 2.89. The molecule has 1 aromatic rings. The van der Waals surface area contributed by atoms with Gasteiger partial charge in [0.25, 0.3) is 6.43 Å². The molecule has 0 unspecified atom stereocenters. The standard InChI is InChI=1S/C8H6F5NO/c1-3-2-14-5(7(9)10)4(6(3)15)8(11,12)13/h2,7H,1H3,(H,14,15). The number of pyridine rings is 1. The molecule has 2 nitrogen and oxygen atoms in total. The number of alkyl halides is 5. The van der Waals surface area contributed by atoms with E-state index in [-0.39, 0.29) is 5.56 Å². The van der Waals surface area contributed by atoms with Gasteiger partial charge in [-0.3, -0.25) is 4.79 Å². The number of halogens is 5. The van der Waals surface area contributed by atoms with Gasteiger partial charge in [-0.15, -0.1) is 0 Å². The largest absolute Gasteiger partial charge is 0.422 e. The lowest BCUT2D eigenvalue weighted by Crippen LogP contribution is -2.24. The van der Waals surface area contributed by atoms with Crippen LogP contribution in [0.3, 0.4) is 0 Å². The Balaban J connectivity index is 3.57. The zero-order valence-corrected chi connectivity index (χ0v) is 7.45. The number of aryl methyl sites for hydroxylation is 1. The Morgan fingerprint density at radius 1 is 1.33 bits per heavy atom. The molecule has 1 aromatic heterocycles. The van der Waals surface area contributed by atoms with Crippen molar-refractivity contribution in [3.8, 4) is 0 Å². The fraction of sp³-hybridized carbons (Fsp3) is 0.375. The molecule has 0 saturated carbocycles. The first-order valence-corrected chi connectivity index (χ1v) is 3.82. The van der Waals surface area contributed by atoms with Crippen molar-refractivity contribution in [2.24, 2.45) is 0 Å². The van der Waals surface area contributed by atoms with Crippen LogP contribution in [-0.4, -0.2) is 4.98 Å². The van der Waals surface area contributed by atoms with Crippen molar-refractivity contribution in [1.82, 2.24) is 4.98 Å². The predicted molar refractivity (Wildman–Crippen MR) is 41.8 cm³/mol. The number of nitrogens with one attached hydrogen (secondary N) is 1. The van der Waals surface area contributed by atoms with E-state index in [0.717, 1.165) is 13.1 Å². The highest BCUT2D eigenvalue weighted by Crippen LogP contribution is 2.32. The van der Waals surface area contributed by atoms with E-state index in [1.165, 1.54) is 0 Å². The van der Waals surface area contributed by atoms with Gasteiger partial charge >= 0.3 is 6.18 Å². The third-order valence-corrected chi connectivity index (χ3v) is 1.80. The Kier molecular flexibility index (Phi) is 2.83. The molecule has 0 spiro atoms. The highest BCUT2D eigenvalue weighted by molar-refractivity contribution is 5.28. The topological polar surface area (TPSA) is 32.9 Å². The molecule has 15 heavy (non-hydrogen) atoms. The van der Waals surface area contributed by atoms with Crippen molar-refractivity contribution in [3.05, 3.63) is 33.2 Å². The molecule has 1 heterocycles. The third-order valence-electron chi connectivity index (χ3n) is 1.80. The summed E-state index contributed by atoms with van der Waals surface area (Å²) >= 11 is 0. The van der Waals surface area contributed by atoms with Gasteiger partial charge < -0.3 is 4.98 Å². The Morgan fingerprint density at radius 2 is 1.87 bits per heavy atom. The van der Waals surface area contributed by atoms with Crippen molar-refractivity contribution in [2.45, 2.75) is 19.5 Å². The fourth-order valence-electron chi connectivity index (χ4n) is 1.10. The van der Waals surface area contributed by atoms with Gasteiger partial charge in [0, 0.05) is 11.8 Å². The van der Waals surface area contributed by atoms with Crippen LogP contribution in [0.2, 0.25) is 0 Å². The van der Waals surface area contributed by atoms with Gasteiger partial charge in [0.1, 0.15) is 5.56 Å². The minimum Gasteiger partial charge on any atom is -0.359 e. The number of aromatic amines is 1. The number of hydrogen-bond donors (Lipinski definition) is 1. The number of rotatable bonds is 1. The van der Waals surface area contributed by atoms with Crippen molar-refractivity contribution < 1.29 is 22.0 Å². The summed E-state index contributed by atoms with van der Waals surface area (Å²) in [6.07, 6.45) is -7.61. The van der Waals surface area contributed by atoms with Crippen molar-refractivity contribution in [2.75, 3.05) is 0 Å². The second-order valence-corrected chi connectivity index (χ2v) is 2.89. The van der Waals surface area contributed by atoms with Crippen molar-refractivity contribution >= 4 is 0 Å². The maximum atomic E-state index is 12.3. The van der Waals surface area contributed by atoms with Crippen LogP contribution in [0.1, 0.15) is 23.2 Å². The third kappa shape index (κ3) is 2.16. The normalized spacial score (nSPS) is 12.2. The predicted octanol–water partition coefficient (Wildman–Crippen LogP) is 2.64. The molecule has 0 saturated heterocycles. The van der Waals surface area contributed by atoms with Gasteiger partial charge in [0.15, 0.2) is 5.43 Å². The summed E-state index contributed by atoms with van der Waals surface area (Å²) in [4.78, 5) is 12.8. The van der Waals surface area contributed by atoms with E-state index in [2.05, 4.69) is 0 Å². The van der Waals surface area contributed by atoms with E-state index in [1.54, 1.807) is 4.98 Å². The van der Waals surface area contributed by atoms with E-state index in [9.17, 15) is 26.7 Å². The molecular weight excluding hydrogens is 221 g/mol. The van der Waals surface area contributed by atoms with Gasteiger partial charge in [-0.1, -0.05) is 0 Å². The van der Waals surface area contributed by atoms with E-state index < -0.39 is 29.3 Å². The van der Waals surface area contributed by atoms with Crippen LogP contribution in [-0.2, 0) is 6.18 Å². The quantitative estimate of drug-likeness (QED) is 0.735. The summed E-state index contributed by atoms with van der Waals surface area (Å²) in [5.74, 6) is 0. The summed E-state index contributed by atoms with van der Waals surface area (Å²) in [5, 5.41) is 0. The zero-order valence-electron chi connectivity index (χ0n) is 7.45. The molecule has 0 fully saturated rings. The Morgan fingerprint density at radius 3 is 2.27 bits per heavy atom. The minimum atomic E-state index is -5.08. The maximum absolute atomic E-state index is 12.3. The molecule has 7 heteroatoms. The van der Waals surface area contributed by atoms with E-state index in [0.29, 0.717) is 0 Å². The monoisotopic (exact) mass is 227 g/mol. The molecule has 0 aliphatic rings. The second kappa shape index (κ2) is 3.63. The Hall–Kier alpha value is -1.40. The average Bonchev–Trinajstić information content (AvgIpc) is 2.06. The fourth-order valence-corrected chi connectivity index (χ4v) is 1.10. The van der Waals surface area contributed by atoms with E-state index >= 15 is 0 Å². The Bertz CT molecular complexity index is 420. The van der Waals surface area contributed by atoms with Crippen LogP contribution in [0.5, 0.6) is 0 Å². The summed E-state index contributed by atoms with van der Waals surface area (Å²) in [7, 11) is 0. The number of aromatic nitrogens is 1. The molecule has 0 aliphatic heterocycles. The van der Waals surface area contributed by atoms with Crippen LogP contribution >= 0.6 is 0 Å². The molecule has 0 aromatic carbocycles. The summed E-state index contributed by atoms with van der Waals surface area (Å²) in [6.45, 7) is 1.11. The lowest BCUT2D eigenvalue weighted by atomic mass is 10.1. The first-order valence-electron chi connectivity index (χ1n) is 3.82. The molecule has 1 N–H and O–H groups in total. The van der Waals surface area contributed by atoms with Crippen LogP contribution < -0.4 is 5.43 Å². The molecule has 0 bridgehead atoms. The van der Waals surface area contributed by atoms with Gasteiger partial charge in [-0.2, -0.15) is 13.2 Å². The minimum absolute atomic E-state index is 0.258. The van der Waals surface area contributed by atoms with E-state index in [4.69, 9.17) is 0 Å². The summed E-state index contributed by atoms with van der Waals surface area (Å²) in [6, 6.07) is 0. The Labute approximate surface area is 80.7 Å². The van der Waals surface area contributed by atoms with Gasteiger partial charge in [0.05, 0.1) is 5.69 Å². The first-order chi connectivity index (χ1) is 6.75. The highest BCUT2D eigenvalue weighted by Gasteiger charge is 2.39. The molecule has 1 rings (SSSR count). The lowest BCUT2D eigenvalue weighted by Gasteiger charge is -2.11. The first kappa shape index (κ1) is 11.7. The van der Waals surface area contributed by atoms with Gasteiger partial charge in [0.2, 0.25) is 0 Å². The van der Waals surface area contributed by atoms with Crippen LogP contribution in [0.25, 0.3) is 0 Å². The lowest BCUT2D eigenvalue weighted by molar-refractivity contribution is -0.140. The highest BCUT2D eigenvalue weighted by atomic mass is 19.4. The van der Waals surface area contributed by atoms with E-state index in [1.807, 2.05) is 0 Å². The maximum Gasteiger partial charge on any atom is 0.422 e. The van der Waals surface area contributed by atoms with Crippen molar-refractivity contribution in [3.63, 3.8) is 0 Å². The average molecular weight is 227 g/mol. The summed E-state index contributed by atoms with van der Waals surface area (Å²) < 4.78 is 61.3. The number of H-pyrrole nitrogens is 1. The molecule has 0 aliphatic carbocycles. The van der Waals surface area contributed by atoms with Crippen LogP contribution in [0.15, 0.2) is 11.0 Å². The molecule has 0 atom stereocenters. The van der Waals surface area contributed by atoms with Crippen LogP contribution in [0.4, 0.5) is 22.0 Å². The number of hydrogen-bond acceptors (Lipinski definition) is 1.